The molecule has 0 spiro atoms. The molecule has 0 unspecified atom stereocenters. The predicted octanol–water partition coefficient (Wildman–Crippen LogP) is 2.61. The molecule has 0 N–H and O–H groups in total. The third-order valence-electron chi connectivity index (χ3n) is 5.28. The summed E-state index contributed by atoms with van der Waals surface area (Å²) in [7, 11) is 0. The van der Waals surface area contributed by atoms with Crippen LogP contribution in [-0.2, 0) is 6.54 Å². The minimum Gasteiger partial charge on any atom is -0.335 e. The molecule has 0 bridgehead atoms. The van der Waals surface area contributed by atoms with Crippen LogP contribution in [0.5, 0.6) is 0 Å². The Morgan fingerprint density at radius 1 is 1.03 bits per heavy atom. The monoisotopic (exact) mass is 416 g/mol. The van der Waals surface area contributed by atoms with Gasteiger partial charge in [-0.25, -0.2) is 4.68 Å². The van der Waals surface area contributed by atoms with Crippen molar-refractivity contribution < 1.29 is 9.72 Å². The van der Waals surface area contributed by atoms with Crippen molar-refractivity contribution in [3.05, 3.63) is 87.7 Å². The highest BCUT2D eigenvalue weighted by Crippen LogP contribution is 2.16. The van der Waals surface area contributed by atoms with E-state index in [0.29, 0.717) is 30.0 Å². The molecule has 9 heteroatoms. The molecule has 1 amide bonds. The number of carbonyl (C=O) groups is 1. The summed E-state index contributed by atoms with van der Waals surface area (Å²) >= 11 is 0. The summed E-state index contributed by atoms with van der Waals surface area (Å²) in [6.45, 7) is 3.52. The zero-order chi connectivity index (χ0) is 21.8. The van der Waals surface area contributed by atoms with Gasteiger partial charge in [-0.15, -0.1) is 0 Å². The van der Waals surface area contributed by atoms with Crippen LogP contribution < -0.4 is 0 Å². The number of nitro benzene ring substituents is 1. The van der Waals surface area contributed by atoms with Crippen molar-refractivity contribution in [1.29, 1.82) is 5.26 Å². The van der Waals surface area contributed by atoms with Gasteiger partial charge in [-0.1, -0.05) is 12.1 Å². The number of rotatable bonds is 5. The SMILES string of the molecule is N#Cc1ccc(CN2CCN(C(=O)c3ccn(-c4ccc([N+](=O)[O-])cc4)n3)CC2)cc1. The second-order valence-corrected chi connectivity index (χ2v) is 7.30. The van der Waals surface area contributed by atoms with Gasteiger partial charge < -0.3 is 4.90 Å². The van der Waals surface area contributed by atoms with Crippen molar-refractivity contribution >= 4 is 11.6 Å². The van der Waals surface area contributed by atoms with Gasteiger partial charge in [-0.2, -0.15) is 10.4 Å². The van der Waals surface area contributed by atoms with E-state index in [2.05, 4.69) is 16.1 Å². The molecule has 2 heterocycles. The molecule has 2 aromatic carbocycles. The molecule has 1 aromatic heterocycles. The van der Waals surface area contributed by atoms with Gasteiger partial charge in [-0.3, -0.25) is 19.8 Å². The summed E-state index contributed by atoms with van der Waals surface area (Å²) in [5.41, 5.74) is 2.79. The smallest absolute Gasteiger partial charge is 0.274 e. The normalized spacial score (nSPS) is 14.2. The highest BCUT2D eigenvalue weighted by Gasteiger charge is 2.24. The number of non-ortho nitro benzene ring substituents is 1. The standard InChI is InChI=1S/C22H20N6O3/c23-15-17-1-3-18(4-2-17)16-25-11-13-26(14-12-25)22(29)21-9-10-27(24-21)19-5-7-20(8-6-19)28(30)31/h1-10H,11-14,16H2. The van der Waals surface area contributed by atoms with Gasteiger partial charge in [0.25, 0.3) is 11.6 Å². The quantitative estimate of drug-likeness (QED) is 0.467. The van der Waals surface area contributed by atoms with Crippen molar-refractivity contribution in [3.63, 3.8) is 0 Å². The van der Waals surface area contributed by atoms with Gasteiger partial charge in [0, 0.05) is 51.1 Å². The van der Waals surface area contributed by atoms with E-state index in [0.717, 1.165) is 25.2 Å². The van der Waals surface area contributed by atoms with Crippen molar-refractivity contribution in [2.45, 2.75) is 6.54 Å². The first-order valence-corrected chi connectivity index (χ1v) is 9.84. The minimum atomic E-state index is -0.456. The van der Waals surface area contributed by atoms with Crippen molar-refractivity contribution in [1.82, 2.24) is 19.6 Å². The van der Waals surface area contributed by atoms with Crippen LogP contribution in [0.15, 0.2) is 60.8 Å². The maximum absolute atomic E-state index is 12.8. The Balaban J connectivity index is 1.34. The van der Waals surface area contributed by atoms with Gasteiger partial charge in [0.15, 0.2) is 5.69 Å². The summed E-state index contributed by atoms with van der Waals surface area (Å²) in [6, 6.07) is 17.3. The topological polar surface area (TPSA) is 108 Å². The molecule has 156 valence electrons. The summed E-state index contributed by atoms with van der Waals surface area (Å²) in [4.78, 5) is 27.2. The molecular formula is C22H20N6O3. The Hall–Kier alpha value is -4.03. The molecule has 0 radical (unpaired) electrons. The van der Waals surface area contributed by atoms with E-state index in [9.17, 15) is 14.9 Å². The molecule has 1 fully saturated rings. The molecular weight excluding hydrogens is 396 g/mol. The Kier molecular flexibility index (Phi) is 5.73. The van der Waals surface area contributed by atoms with E-state index < -0.39 is 4.92 Å². The van der Waals surface area contributed by atoms with E-state index in [1.54, 1.807) is 29.3 Å². The summed E-state index contributed by atoms with van der Waals surface area (Å²) in [6.07, 6.45) is 1.68. The lowest BCUT2D eigenvalue weighted by Crippen LogP contribution is -2.48. The largest absolute Gasteiger partial charge is 0.335 e. The van der Waals surface area contributed by atoms with Gasteiger partial charge >= 0.3 is 0 Å². The average Bonchev–Trinajstić information content (AvgIpc) is 3.30. The number of carbonyl (C=O) groups excluding carboxylic acids is 1. The van der Waals surface area contributed by atoms with E-state index in [4.69, 9.17) is 5.26 Å². The number of hydrogen-bond donors (Lipinski definition) is 0. The molecule has 0 saturated carbocycles. The van der Waals surface area contributed by atoms with Crippen molar-refractivity contribution in [2.75, 3.05) is 26.2 Å². The first-order valence-electron chi connectivity index (χ1n) is 9.84. The van der Waals surface area contributed by atoms with E-state index >= 15 is 0 Å². The maximum Gasteiger partial charge on any atom is 0.274 e. The van der Waals surface area contributed by atoms with Crippen LogP contribution in [0.2, 0.25) is 0 Å². The highest BCUT2D eigenvalue weighted by molar-refractivity contribution is 5.92. The number of piperazine rings is 1. The number of hydrogen-bond acceptors (Lipinski definition) is 6. The highest BCUT2D eigenvalue weighted by atomic mass is 16.6. The number of aromatic nitrogens is 2. The van der Waals surface area contributed by atoms with E-state index in [1.165, 1.54) is 16.8 Å². The van der Waals surface area contributed by atoms with Gasteiger partial charge in [0.2, 0.25) is 0 Å². The lowest BCUT2D eigenvalue weighted by Gasteiger charge is -2.34. The molecule has 4 rings (SSSR count). The predicted molar refractivity (Wildman–Crippen MR) is 113 cm³/mol. The number of nitriles is 1. The third kappa shape index (κ3) is 4.60. The Morgan fingerprint density at radius 3 is 2.32 bits per heavy atom. The molecule has 1 aliphatic rings. The summed E-state index contributed by atoms with van der Waals surface area (Å²) in [5, 5.41) is 24.0. The molecule has 0 aliphatic carbocycles. The lowest BCUT2D eigenvalue weighted by molar-refractivity contribution is -0.384. The lowest BCUT2D eigenvalue weighted by atomic mass is 10.1. The van der Waals surface area contributed by atoms with Crippen LogP contribution in [0.4, 0.5) is 5.69 Å². The zero-order valence-corrected chi connectivity index (χ0v) is 16.7. The van der Waals surface area contributed by atoms with Crippen LogP contribution >= 0.6 is 0 Å². The van der Waals surface area contributed by atoms with Gasteiger partial charge in [0.05, 0.1) is 22.2 Å². The number of benzene rings is 2. The molecule has 31 heavy (non-hydrogen) atoms. The Labute approximate surface area is 178 Å². The second kappa shape index (κ2) is 8.77. The molecule has 3 aromatic rings. The zero-order valence-electron chi connectivity index (χ0n) is 16.7. The first-order chi connectivity index (χ1) is 15.0. The van der Waals surface area contributed by atoms with E-state index in [-0.39, 0.29) is 11.6 Å². The van der Waals surface area contributed by atoms with Crippen molar-refractivity contribution in [2.24, 2.45) is 0 Å². The van der Waals surface area contributed by atoms with Crippen LogP contribution in [0.25, 0.3) is 5.69 Å². The van der Waals surface area contributed by atoms with Gasteiger partial charge in [-0.05, 0) is 35.9 Å². The fourth-order valence-electron chi connectivity index (χ4n) is 3.52. The Bertz CT molecular complexity index is 1120. The first kappa shape index (κ1) is 20.3. The number of nitrogens with zero attached hydrogens (tertiary/aromatic N) is 6. The van der Waals surface area contributed by atoms with Crippen LogP contribution in [0, 0.1) is 21.4 Å². The maximum atomic E-state index is 12.8. The number of nitro groups is 1. The third-order valence-corrected chi connectivity index (χ3v) is 5.28. The fourth-order valence-corrected chi connectivity index (χ4v) is 3.52. The summed E-state index contributed by atoms with van der Waals surface area (Å²) < 4.78 is 1.54. The average molecular weight is 416 g/mol. The summed E-state index contributed by atoms with van der Waals surface area (Å²) in [5.74, 6) is -0.126. The minimum absolute atomic E-state index is 0.00563. The molecule has 1 aliphatic heterocycles. The van der Waals surface area contributed by atoms with E-state index in [1.807, 2.05) is 24.3 Å². The fraction of sp³-hybridized carbons (Fsp3) is 0.227. The number of amides is 1. The van der Waals surface area contributed by atoms with Gasteiger partial charge in [0.1, 0.15) is 0 Å². The molecule has 0 atom stereocenters. The second-order valence-electron chi connectivity index (χ2n) is 7.30. The van der Waals surface area contributed by atoms with Crippen LogP contribution in [0.3, 0.4) is 0 Å². The molecule has 9 nitrogen and oxygen atoms in total. The Morgan fingerprint density at radius 2 is 1.71 bits per heavy atom. The van der Waals surface area contributed by atoms with Crippen LogP contribution in [-0.4, -0.2) is 56.6 Å². The molecule has 1 saturated heterocycles. The van der Waals surface area contributed by atoms with Crippen LogP contribution in [0.1, 0.15) is 21.6 Å². The van der Waals surface area contributed by atoms with Crippen molar-refractivity contribution in [3.8, 4) is 11.8 Å².